The summed E-state index contributed by atoms with van der Waals surface area (Å²) in [6, 6.07) is 1.94. The highest BCUT2D eigenvalue weighted by molar-refractivity contribution is 6.19. The number of anilines is 1. The van der Waals surface area contributed by atoms with E-state index >= 15 is 0 Å². The maximum atomic E-state index is 14.1. The van der Waals surface area contributed by atoms with Crippen LogP contribution < -0.4 is 20.7 Å². The first-order valence-corrected chi connectivity index (χ1v) is 12.2. The Labute approximate surface area is 201 Å². The number of amides is 1. The fraction of sp³-hybridized carbons (Fsp3) is 0.538. The molecule has 3 N–H and O–H groups in total. The number of alkyl halides is 1. The SMILES string of the molecule is C=C(NC)Oc1cc2c(c(/C(C)=C\N)c1C)C(CCl)CN2C(=O)C1(CCC(C)=O)CC12CC2. The van der Waals surface area contributed by atoms with Crippen LogP contribution in [0.5, 0.6) is 5.75 Å². The number of ether oxygens (including phenoxy) is 1. The monoisotopic (exact) mass is 471 g/mol. The lowest BCUT2D eigenvalue weighted by Crippen LogP contribution is -2.38. The van der Waals surface area contributed by atoms with Crippen LogP contribution in [0.25, 0.3) is 5.57 Å². The predicted octanol–water partition coefficient (Wildman–Crippen LogP) is 4.59. The topological polar surface area (TPSA) is 84.7 Å². The molecule has 1 heterocycles. The van der Waals surface area contributed by atoms with E-state index in [4.69, 9.17) is 22.1 Å². The van der Waals surface area contributed by atoms with E-state index in [2.05, 4.69) is 11.9 Å². The second-order valence-electron chi connectivity index (χ2n) is 9.94. The van der Waals surface area contributed by atoms with Gasteiger partial charge < -0.3 is 25.5 Å². The van der Waals surface area contributed by atoms with Crippen molar-refractivity contribution in [2.24, 2.45) is 16.6 Å². The molecule has 2 fully saturated rings. The maximum Gasteiger partial charge on any atom is 0.233 e. The number of benzene rings is 1. The van der Waals surface area contributed by atoms with Crippen molar-refractivity contribution < 1.29 is 14.3 Å². The summed E-state index contributed by atoms with van der Waals surface area (Å²) in [5.41, 5.74) is 10.3. The molecule has 178 valence electrons. The molecule has 1 spiro atoms. The fourth-order valence-corrected chi connectivity index (χ4v) is 6.01. The number of carbonyl (C=O) groups is 2. The van der Waals surface area contributed by atoms with E-state index in [0.717, 1.165) is 47.2 Å². The molecule has 0 radical (unpaired) electrons. The van der Waals surface area contributed by atoms with Gasteiger partial charge in [0.15, 0.2) is 5.88 Å². The summed E-state index contributed by atoms with van der Waals surface area (Å²) in [7, 11) is 1.75. The van der Waals surface area contributed by atoms with Crippen molar-refractivity contribution in [2.45, 2.75) is 58.8 Å². The lowest BCUT2D eigenvalue weighted by atomic mass is 9.89. The first-order valence-electron chi connectivity index (χ1n) is 11.6. The van der Waals surface area contributed by atoms with Crippen molar-refractivity contribution in [3.63, 3.8) is 0 Å². The lowest BCUT2D eigenvalue weighted by molar-refractivity contribution is -0.125. The lowest BCUT2D eigenvalue weighted by Gasteiger charge is -2.26. The number of halogens is 1. The summed E-state index contributed by atoms with van der Waals surface area (Å²) in [5, 5.41) is 2.92. The number of allylic oxidation sites excluding steroid dienone is 1. The van der Waals surface area contributed by atoms with Gasteiger partial charge in [-0.2, -0.15) is 0 Å². The smallest absolute Gasteiger partial charge is 0.233 e. The molecule has 7 heteroatoms. The van der Waals surface area contributed by atoms with Crippen LogP contribution in [0.1, 0.15) is 68.6 Å². The molecule has 0 saturated heterocycles. The van der Waals surface area contributed by atoms with Crippen molar-refractivity contribution in [1.29, 1.82) is 0 Å². The number of carbonyl (C=O) groups excluding carboxylic acids is 2. The van der Waals surface area contributed by atoms with Gasteiger partial charge in [0.1, 0.15) is 11.5 Å². The van der Waals surface area contributed by atoms with E-state index in [0.29, 0.717) is 36.9 Å². The van der Waals surface area contributed by atoms with Gasteiger partial charge in [0, 0.05) is 37.9 Å². The standard InChI is InChI=1S/C26H34ClN3O3/c1-15(12-28)22-17(3)21(33-18(4)29-5)10-20-23(22)19(11-27)13-30(20)24(32)26(7-6-16(2)31)14-25(26)8-9-25/h10,12,19,29H,4,6-9,11,13-14,28H2,1-3,5H3/b15-12-. The molecular weight excluding hydrogens is 438 g/mol. The Hall–Kier alpha value is -2.47. The van der Waals surface area contributed by atoms with Gasteiger partial charge in [-0.3, -0.25) is 4.79 Å². The number of ketones is 1. The molecule has 3 aliphatic rings. The highest BCUT2D eigenvalue weighted by Gasteiger charge is 2.77. The molecule has 0 bridgehead atoms. The summed E-state index contributed by atoms with van der Waals surface area (Å²) in [4.78, 5) is 27.8. The fourth-order valence-electron chi connectivity index (χ4n) is 5.76. The summed E-state index contributed by atoms with van der Waals surface area (Å²) >= 11 is 6.44. The van der Waals surface area contributed by atoms with Gasteiger partial charge in [0.25, 0.3) is 0 Å². The number of nitrogens with two attached hydrogens (primary N) is 1. The van der Waals surface area contributed by atoms with E-state index < -0.39 is 5.41 Å². The normalized spacial score (nSPS) is 24.5. The van der Waals surface area contributed by atoms with Crippen LogP contribution in [-0.2, 0) is 9.59 Å². The zero-order chi connectivity index (χ0) is 24.1. The van der Waals surface area contributed by atoms with Crippen LogP contribution in [-0.4, -0.2) is 31.2 Å². The van der Waals surface area contributed by atoms with E-state index in [1.54, 1.807) is 20.2 Å². The first kappa shape index (κ1) is 23.7. The summed E-state index contributed by atoms with van der Waals surface area (Å²) < 4.78 is 6.00. The van der Waals surface area contributed by atoms with Gasteiger partial charge in [-0.15, -0.1) is 11.6 Å². The Morgan fingerprint density at radius 1 is 1.39 bits per heavy atom. The number of rotatable bonds is 9. The van der Waals surface area contributed by atoms with Crippen LogP contribution in [0, 0.1) is 17.8 Å². The molecule has 2 aliphatic carbocycles. The Kier molecular flexibility index (Phi) is 6.02. The van der Waals surface area contributed by atoms with E-state index in [1.165, 1.54) is 0 Å². The number of fused-ring (bicyclic) bond motifs is 1. The Bertz CT molecular complexity index is 1060. The van der Waals surface area contributed by atoms with Gasteiger partial charge in [0.05, 0.1) is 11.1 Å². The third-order valence-electron chi connectivity index (χ3n) is 7.94. The molecule has 2 atom stereocenters. The molecule has 1 aromatic rings. The Balaban J connectivity index is 1.82. The number of nitrogens with one attached hydrogen (secondary N) is 1. The minimum absolute atomic E-state index is 0.00507. The average molecular weight is 472 g/mol. The predicted molar refractivity (Wildman–Crippen MR) is 132 cm³/mol. The molecule has 2 saturated carbocycles. The average Bonchev–Trinajstić information content (AvgIpc) is 3.68. The number of nitrogens with zero attached hydrogens (tertiary/aromatic N) is 1. The van der Waals surface area contributed by atoms with Crippen LogP contribution in [0.4, 0.5) is 5.69 Å². The quantitative estimate of drug-likeness (QED) is 0.406. The number of hydrogen-bond acceptors (Lipinski definition) is 5. The van der Waals surface area contributed by atoms with E-state index in [-0.39, 0.29) is 23.0 Å². The minimum Gasteiger partial charge on any atom is -0.442 e. The van der Waals surface area contributed by atoms with Crippen LogP contribution in [0.2, 0.25) is 0 Å². The van der Waals surface area contributed by atoms with Crippen molar-refractivity contribution in [1.82, 2.24) is 5.32 Å². The number of hydrogen-bond donors (Lipinski definition) is 2. The Morgan fingerprint density at radius 3 is 2.61 bits per heavy atom. The van der Waals surface area contributed by atoms with Crippen LogP contribution in [0.15, 0.2) is 24.7 Å². The van der Waals surface area contributed by atoms with Crippen molar-refractivity contribution in [2.75, 3.05) is 24.4 Å². The summed E-state index contributed by atoms with van der Waals surface area (Å²) in [5.74, 6) is 1.70. The summed E-state index contributed by atoms with van der Waals surface area (Å²) in [6.07, 6.45) is 5.67. The van der Waals surface area contributed by atoms with Crippen LogP contribution in [0.3, 0.4) is 0 Å². The highest BCUT2D eigenvalue weighted by Crippen LogP contribution is 2.81. The minimum atomic E-state index is -0.434. The third kappa shape index (κ3) is 3.72. The Morgan fingerprint density at radius 2 is 2.09 bits per heavy atom. The second kappa shape index (κ2) is 8.39. The van der Waals surface area contributed by atoms with Gasteiger partial charge in [-0.05, 0) is 86.9 Å². The number of Topliss-reactive ketones (excluding diaryl/α,β-unsaturated/α-hetero) is 1. The molecule has 33 heavy (non-hydrogen) atoms. The molecule has 6 nitrogen and oxygen atoms in total. The second-order valence-corrected chi connectivity index (χ2v) is 10.2. The first-order chi connectivity index (χ1) is 15.6. The zero-order valence-corrected chi connectivity index (χ0v) is 20.8. The third-order valence-corrected chi connectivity index (χ3v) is 8.32. The van der Waals surface area contributed by atoms with Gasteiger partial charge in [-0.1, -0.05) is 0 Å². The van der Waals surface area contributed by atoms with Crippen molar-refractivity contribution in [3.05, 3.63) is 41.4 Å². The molecule has 1 amide bonds. The van der Waals surface area contributed by atoms with Gasteiger partial charge in [-0.25, -0.2) is 0 Å². The molecule has 1 aliphatic heterocycles. The molecule has 2 unspecified atom stereocenters. The van der Waals surface area contributed by atoms with Crippen molar-refractivity contribution in [3.8, 4) is 5.75 Å². The summed E-state index contributed by atoms with van der Waals surface area (Å²) in [6.45, 7) is 9.97. The molecular formula is C26H34ClN3O3. The zero-order valence-electron chi connectivity index (χ0n) is 20.0. The van der Waals surface area contributed by atoms with Gasteiger partial charge >= 0.3 is 0 Å². The molecule has 0 aromatic heterocycles. The van der Waals surface area contributed by atoms with Crippen molar-refractivity contribution >= 4 is 34.6 Å². The molecule has 1 aromatic carbocycles. The molecule has 4 rings (SSSR count). The largest absolute Gasteiger partial charge is 0.442 e. The maximum absolute atomic E-state index is 14.1. The highest BCUT2D eigenvalue weighted by atomic mass is 35.5. The van der Waals surface area contributed by atoms with E-state index in [9.17, 15) is 9.59 Å². The van der Waals surface area contributed by atoms with Gasteiger partial charge in [0.2, 0.25) is 5.91 Å². The van der Waals surface area contributed by atoms with E-state index in [1.807, 2.05) is 24.8 Å². The van der Waals surface area contributed by atoms with Crippen LogP contribution >= 0.6 is 11.6 Å².